The highest BCUT2D eigenvalue weighted by Gasteiger charge is 2.29. The van der Waals surface area contributed by atoms with Crippen LogP contribution in [0.25, 0.3) is 11.4 Å². The van der Waals surface area contributed by atoms with Gasteiger partial charge < -0.3 is 14.6 Å². The predicted molar refractivity (Wildman–Crippen MR) is 112 cm³/mol. The van der Waals surface area contributed by atoms with Gasteiger partial charge in [-0.15, -0.1) is 0 Å². The molecule has 0 amide bonds. The number of sulfonamides is 1. The van der Waals surface area contributed by atoms with E-state index in [2.05, 4.69) is 29.4 Å². The van der Waals surface area contributed by atoms with Gasteiger partial charge in [0.05, 0.1) is 18.9 Å². The topological polar surface area (TPSA) is 89.4 Å². The second-order valence-corrected chi connectivity index (χ2v) is 9.19. The molecule has 0 bridgehead atoms. The normalized spacial score (nSPS) is 23.7. The number of aromatic nitrogens is 3. The number of ether oxygens (including phenoxy) is 1. The first-order valence-corrected chi connectivity index (χ1v) is 11.3. The van der Waals surface area contributed by atoms with Crippen LogP contribution >= 0.6 is 0 Å². The van der Waals surface area contributed by atoms with Crippen LogP contribution < -0.4 is 14.4 Å². The Morgan fingerprint density at radius 2 is 2.03 bits per heavy atom. The number of nitrogens with zero attached hydrogens (tertiary/aromatic N) is 4. The zero-order valence-electron chi connectivity index (χ0n) is 16.5. The van der Waals surface area contributed by atoms with Crippen molar-refractivity contribution in [3.8, 4) is 17.3 Å². The van der Waals surface area contributed by atoms with Gasteiger partial charge in [-0.05, 0) is 12.0 Å². The van der Waals surface area contributed by atoms with Gasteiger partial charge >= 0.3 is 0 Å². The lowest BCUT2D eigenvalue weighted by Crippen LogP contribution is -2.34. The fourth-order valence-electron chi connectivity index (χ4n) is 3.64. The van der Waals surface area contributed by atoms with Crippen LogP contribution in [0.1, 0.15) is 13.0 Å². The molecule has 1 aliphatic heterocycles. The summed E-state index contributed by atoms with van der Waals surface area (Å²) in [6.07, 6.45) is 11.8. The van der Waals surface area contributed by atoms with E-state index in [0.717, 1.165) is 5.56 Å². The summed E-state index contributed by atoms with van der Waals surface area (Å²) in [5, 5.41) is 3.14. The average molecular weight is 416 g/mol. The summed E-state index contributed by atoms with van der Waals surface area (Å²) in [6, 6.07) is 3.70. The Balaban J connectivity index is 1.81. The average Bonchev–Trinajstić information content (AvgIpc) is 3.06. The maximum atomic E-state index is 12.8. The molecular formula is C20H25N5O3S. The van der Waals surface area contributed by atoms with Crippen molar-refractivity contribution in [1.82, 2.24) is 19.9 Å². The van der Waals surface area contributed by atoms with E-state index in [9.17, 15) is 8.42 Å². The van der Waals surface area contributed by atoms with Gasteiger partial charge in [0.2, 0.25) is 15.9 Å². The molecule has 1 aliphatic carbocycles. The Bertz CT molecular complexity index is 1030. The first-order chi connectivity index (χ1) is 14.0. The molecule has 1 fully saturated rings. The minimum atomic E-state index is -3.43. The summed E-state index contributed by atoms with van der Waals surface area (Å²) in [4.78, 5) is 9.04. The van der Waals surface area contributed by atoms with Crippen molar-refractivity contribution in [2.24, 2.45) is 5.92 Å². The molecule has 1 N–H and O–H groups in total. The molecule has 2 aromatic heterocycles. The van der Waals surface area contributed by atoms with Crippen LogP contribution in [0.5, 0.6) is 5.88 Å². The van der Waals surface area contributed by atoms with Crippen molar-refractivity contribution in [3.63, 3.8) is 0 Å². The summed E-state index contributed by atoms with van der Waals surface area (Å²) in [7, 11) is -1.86. The fraction of sp³-hybridized carbons (Fsp3) is 0.400. The van der Waals surface area contributed by atoms with Crippen molar-refractivity contribution in [2.75, 3.05) is 36.8 Å². The molecule has 0 aromatic carbocycles. The summed E-state index contributed by atoms with van der Waals surface area (Å²) >= 11 is 0. The number of rotatable bonds is 4. The van der Waals surface area contributed by atoms with Crippen molar-refractivity contribution in [3.05, 3.63) is 48.8 Å². The molecule has 2 unspecified atom stereocenters. The second kappa shape index (κ2) is 8.00. The Kier molecular flexibility index (Phi) is 5.42. The van der Waals surface area contributed by atoms with E-state index in [-0.39, 0.29) is 17.7 Å². The smallest absolute Gasteiger partial charge is 0.237 e. The third-order valence-corrected chi connectivity index (χ3v) is 7.00. The summed E-state index contributed by atoms with van der Waals surface area (Å²) in [6.45, 7) is 3.53. The third kappa shape index (κ3) is 3.92. The highest BCUT2D eigenvalue weighted by atomic mass is 32.2. The van der Waals surface area contributed by atoms with E-state index in [0.29, 0.717) is 37.2 Å². The third-order valence-electron chi connectivity index (χ3n) is 5.24. The lowest BCUT2D eigenvalue weighted by Gasteiger charge is -2.24. The van der Waals surface area contributed by atoms with E-state index in [1.807, 2.05) is 29.0 Å². The maximum Gasteiger partial charge on any atom is 0.237 e. The Morgan fingerprint density at radius 1 is 1.21 bits per heavy atom. The Morgan fingerprint density at radius 3 is 2.76 bits per heavy atom. The molecule has 9 heteroatoms. The molecule has 1 saturated heterocycles. The van der Waals surface area contributed by atoms with Crippen LogP contribution in [0.15, 0.2) is 48.8 Å². The van der Waals surface area contributed by atoms with Crippen molar-refractivity contribution in [2.45, 2.75) is 13.0 Å². The molecule has 4 rings (SSSR count). The molecule has 0 radical (unpaired) electrons. The van der Waals surface area contributed by atoms with E-state index in [1.54, 1.807) is 19.4 Å². The van der Waals surface area contributed by atoms with Crippen molar-refractivity contribution in [1.29, 1.82) is 0 Å². The minimum Gasteiger partial charge on any atom is -0.481 e. The van der Waals surface area contributed by atoms with Gasteiger partial charge in [-0.3, -0.25) is 4.31 Å². The first kappa shape index (κ1) is 19.7. The van der Waals surface area contributed by atoms with Crippen LogP contribution in [0, 0.1) is 5.92 Å². The number of nitrogens with one attached hydrogen (secondary N) is 1. The lowest BCUT2D eigenvalue weighted by molar-refractivity contribution is 0.398. The molecule has 29 heavy (non-hydrogen) atoms. The van der Waals surface area contributed by atoms with Crippen LogP contribution in [0.3, 0.4) is 0 Å². The molecule has 0 saturated carbocycles. The van der Waals surface area contributed by atoms with Gasteiger partial charge in [-0.25, -0.2) is 18.4 Å². The number of pyridine rings is 1. The highest BCUT2D eigenvalue weighted by molar-refractivity contribution is 7.92. The minimum absolute atomic E-state index is 0.0335. The van der Waals surface area contributed by atoms with Crippen LogP contribution in [-0.4, -0.2) is 55.4 Å². The maximum absolute atomic E-state index is 12.8. The Labute approximate surface area is 171 Å². The molecule has 2 aliphatic rings. The fourth-order valence-corrected chi connectivity index (χ4v) is 5.01. The van der Waals surface area contributed by atoms with Crippen LogP contribution in [0.4, 0.5) is 5.82 Å². The van der Waals surface area contributed by atoms with Gasteiger partial charge in [0.15, 0.2) is 5.82 Å². The van der Waals surface area contributed by atoms with E-state index in [4.69, 9.17) is 9.72 Å². The molecule has 2 atom stereocenters. The van der Waals surface area contributed by atoms with Crippen molar-refractivity contribution < 1.29 is 13.2 Å². The number of methoxy groups -OCH3 is 1. The number of hydrogen-bond donors (Lipinski definition) is 1. The monoisotopic (exact) mass is 415 g/mol. The van der Waals surface area contributed by atoms with Crippen LogP contribution in [0.2, 0.25) is 0 Å². The highest BCUT2D eigenvalue weighted by Crippen LogP contribution is 2.33. The molecule has 154 valence electrons. The molecule has 8 nitrogen and oxygen atoms in total. The van der Waals surface area contributed by atoms with E-state index < -0.39 is 10.0 Å². The lowest BCUT2D eigenvalue weighted by atomic mass is 9.97. The van der Waals surface area contributed by atoms with E-state index >= 15 is 0 Å². The molecular weight excluding hydrogens is 390 g/mol. The van der Waals surface area contributed by atoms with Crippen LogP contribution in [-0.2, 0) is 10.0 Å². The van der Waals surface area contributed by atoms with Gasteiger partial charge in [-0.1, -0.05) is 31.2 Å². The first-order valence-electron chi connectivity index (χ1n) is 9.65. The van der Waals surface area contributed by atoms with Crippen molar-refractivity contribution >= 4 is 15.8 Å². The molecule has 2 aromatic rings. The zero-order chi connectivity index (χ0) is 20.4. The predicted octanol–water partition coefficient (Wildman–Crippen LogP) is 2.00. The molecule has 3 heterocycles. The largest absolute Gasteiger partial charge is 0.481 e. The quantitative estimate of drug-likeness (QED) is 0.822. The summed E-state index contributed by atoms with van der Waals surface area (Å²) in [5.74, 6) is 1.94. The molecule has 0 spiro atoms. The Hall–Kier alpha value is -2.65. The standard InChI is InChI=1S/C20H25N5O3S/c1-15-5-3-4-6-17(15)24-14-18(25-11-9-21-10-12-29(25,26)27)23-20(24)16-7-8-19(28-2)22-13-16/h3-8,13-15,17,21H,9-12H2,1-2H3. The SMILES string of the molecule is COc1ccc(-c2nc(N3CCNCCS3(=O)=O)cn2C2C=CC=CC2C)cn1. The second-order valence-electron chi connectivity index (χ2n) is 7.18. The van der Waals surface area contributed by atoms with Gasteiger partial charge in [-0.2, -0.15) is 0 Å². The van der Waals surface area contributed by atoms with Gasteiger partial charge in [0.1, 0.15) is 5.82 Å². The zero-order valence-corrected chi connectivity index (χ0v) is 17.3. The number of allylic oxidation sites excluding steroid dienone is 4. The number of anilines is 1. The summed E-state index contributed by atoms with van der Waals surface area (Å²) in [5.41, 5.74) is 0.803. The number of hydrogen-bond acceptors (Lipinski definition) is 6. The summed E-state index contributed by atoms with van der Waals surface area (Å²) < 4.78 is 34.1. The van der Waals surface area contributed by atoms with Gasteiger partial charge in [0.25, 0.3) is 0 Å². The number of imidazole rings is 1. The van der Waals surface area contributed by atoms with Gasteiger partial charge in [0, 0.05) is 43.7 Å². The van der Waals surface area contributed by atoms with E-state index in [1.165, 1.54) is 4.31 Å².